The van der Waals surface area contributed by atoms with Crippen molar-refractivity contribution in [3.8, 4) is 0 Å². The van der Waals surface area contributed by atoms with Crippen LogP contribution in [-0.2, 0) is 6.42 Å². The maximum Gasteiger partial charge on any atom is -0.00367 e. The van der Waals surface area contributed by atoms with Crippen LogP contribution in [0.15, 0.2) is 30.3 Å². The topological polar surface area (TPSA) is 38.0 Å². The molecular weight excluding hydrogens is 231 g/mol. The van der Waals surface area contributed by atoms with Gasteiger partial charge in [-0.05, 0) is 38.0 Å². The minimum Gasteiger partial charge on any atom is -0.330 e. The summed E-state index contributed by atoms with van der Waals surface area (Å²) in [4.78, 5) is 0. The Morgan fingerprint density at radius 2 is 1.53 bits per heavy atom. The molecule has 1 aromatic rings. The van der Waals surface area contributed by atoms with Gasteiger partial charge < -0.3 is 11.1 Å². The van der Waals surface area contributed by atoms with E-state index in [0.717, 1.165) is 13.0 Å². The van der Waals surface area contributed by atoms with E-state index in [4.69, 9.17) is 5.73 Å². The van der Waals surface area contributed by atoms with Crippen molar-refractivity contribution < 1.29 is 0 Å². The average Bonchev–Trinajstić information content (AvgIpc) is 2.03. The van der Waals surface area contributed by atoms with Crippen molar-refractivity contribution >= 4 is 24.8 Å². The Balaban J connectivity index is 0. The molecule has 88 valence electrons. The standard InChI is InChI=1S/C8H11N.C3H7N.2ClH/c9-7-6-8-4-2-1-3-5-8;1-2-4-3-1;;/h1-5H,6-7,9H2;4H,1-3H2;2*1H. The Morgan fingerprint density at radius 3 is 1.87 bits per heavy atom. The molecule has 1 aromatic carbocycles. The molecule has 1 aliphatic rings. The molecule has 0 unspecified atom stereocenters. The SMILES string of the molecule is C1CNC1.Cl.Cl.NCCc1ccccc1. The van der Waals surface area contributed by atoms with Crippen molar-refractivity contribution in [2.75, 3.05) is 19.6 Å². The van der Waals surface area contributed by atoms with Gasteiger partial charge in [-0.25, -0.2) is 0 Å². The molecule has 1 aliphatic heterocycles. The van der Waals surface area contributed by atoms with Crippen LogP contribution in [0.5, 0.6) is 0 Å². The maximum atomic E-state index is 5.36. The Morgan fingerprint density at radius 1 is 1.07 bits per heavy atom. The summed E-state index contributed by atoms with van der Waals surface area (Å²) >= 11 is 0. The molecule has 0 amide bonds. The van der Waals surface area contributed by atoms with Gasteiger partial charge in [-0.3, -0.25) is 0 Å². The molecule has 0 spiro atoms. The summed E-state index contributed by atoms with van der Waals surface area (Å²) in [5, 5.41) is 3.11. The van der Waals surface area contributed by atoms with E-state index >= 15 is 0 Å². The highest BCUT2D eigenvalue weighted by molar-refractivity contribution is 5.85. The van der Waals surface area contributed by atoms with Gasteiger partial charge in [0.05, 0.1) is 0 Å². The molecule has 1 fully saturated rings. The number of nitrogens with two attached hydrogens (primary N) is 1. The summed E-state index contributed by atoms with van der Waals surface area (Å²) in [6.07, 6.45) is 2.38. The lowest BCUT2D eigenvalue weighted by Gasteiger charge is -2.09. The summed E-state index contributed by atoms with van der Waals surface area (Å²) in [6.45, 7) is 3.24. The quantitative estimate of drug-likeness (QED) is 0.843. The maximum absolute atomic E-state index is 5.36. The van der Waals surface area contributed by atoms with Crippen molar-refractivity contribution in [2.45, 2.75) is 12.8 Å². The second-order valence-corrected chi connectivity index (χ2v) is 3.13. The van der Waals surface area contributed by atoms with Crippen molar-refractivity contribution in [3.05, 3.63) is 35.9 Å². The number of halogens is 2. The van der Waals surface area contributed by atoms with Gasteiger partial charge in [-0.2, -0.15) is 0 Å². The van der Waals surface area contributed by atoms with Gasteiger partial charge in [0.1, 0.15) is 0 Å². The first-order valence-electron chi connectivity index (χ1n) is 4.88. The van der Waals surface area contributed by atoms with E-state index in [9.17, 15) is 0 Å². The fourth-order valence-electron chi connectivity index (χ4n) is 0.988. The molecule has 4 heteroatoms. The molecule has 3 N–H and O–H groups in total. The van der Waals surface area contributed by atoms with E-state index in [1.165, 1.54) is 25.1 Å². The third kappa shape index (κ3) is 8.70. The summed E-state index contributed by atoms with van der Waals surface area (Å²) in [7, 11) is 0. The van der Waals surface area contributed by atoms with Crippen molar-refractivity contribution in [1.82, 2.24) is 5.32 Å². The van der Waals surface area contributed by atoms with Gasteiger partial charge in [0.15, 0.2) is 0 Å². The van der Waals surface area contributed by atoms with E-state index < -0.39 is 0 Å². The van der Waals surface area contributed by atoms with Gasteiger partial charge in [-0.15, -0.1) is 24.8 Å². The van der Waals surface area contributed by atoms with E-state index in [-0.39, 0.29) is 24.8 Å². The van der Waals surface area contributed by atoms with Crippen LogP contribution in [0.4, 0.5) is 0 Å². The zero-order chi connectivity index (χ0) is 9.36. The normalized spacial score (nSPS) is 12.1. The van der Waals surface area contributed by atoms with E-state index in [1.54, 1.807) is 0 Å². The van der Waals surface area contributed by atoms with Crippen LogP contribution < -0.4 is 11.1 Å². The van der Waals surface area contributed by atoms with Crippen LogP contribution in [-0.4, -0.2) is 19.6 Å². The Labute approximate surface area is 104 Å². The predicted molar refractivity (Wildman–Crippen MR) is 71.2 cm³/mol. The molecule has 15 heavy (non-hydrogen) atoms. The minimum atomic E-state index is 0. The van der Waals surface area contributed by atoms with Crippen LogP contribution in [0.2, 0.25) is 0 Å². The first kappa shape index (κ1) is 17.1. The van der Waals surface area contributed by atoms with Gasteiger partial charge >= 0.3 is 0 Å². The van der Waals surface area contributed by atoms with Crippen LogP contribution in [0.3, 0.4) is 0 Å². The molecule has 0 atom stereocenters. The Bertz CT molecular complexity index is 209. The Kier molecular flexibility index (Phi) is 13.5. The molecular formula is C11H20Cl2N2. The number of hydrogen-bond donors (Lipinski definition) is 2. The third-order valence-corrected chi connectivity index (χ3v) is 1.98. The number of hydrogen-bond acceptors (Lipinski definition) is 2. The lowest BCUT2D eigenvalue weighted by molar-refractivity contribution is 0.527. The van der Waals surface area contributed by atoms with E-state index in [1.807, 2.05) is 18.2 Å². The van der Waals surface area contributed by atoms with Crippen LogP contribution in [0.1, 0.15) is 12.0 Å². The van der Waals surface area contributed by atoms with Crippen molar-refractivity contribution in [1.29, 1.82) is 0 Å². The highest BCUT2D eigenvalue weighted by Crippen LogP contribution is 1.96. The van der Waals surface area contributed by atoms with Crippen molar-refractivity contribution in [3.63, 3.8) is 0 Å². The van der Waals surface area contributed by atoms with Gasteiger partial charge in [-0.1, -0.05) is 30.3 Å². The third-order valence-electron chi connectivity index (χ3n) is 1.98. The highest BCUT2D eigenvalue weighted by Gasteiger charge is 1.92. The summed E-state index contributed by atoms with van der Waals surface area (Å²) in [6, 6.07) is 10.3. The number of benzene rings is 1. The molecule has 1 saturated heterocycles. The molecule has 0 aliphatic carbocycles. The fourth-order valence-corrected chi connectivity index (χ4v) is 0.988. The smallest absolute Gasteiger partial charge is 0.00367 e. The Hall–Kier alpha value is -0.280. The molecule has 0 radical (unpaired) electrons. The monoisotopic (exact) mass is 250 g/mol. The van der Waals surface area contributed by atoms with E-state index in [2.05, 4.69) is 17.4 Å². The lowest BCUT2D eigenvalue weighted by atomic mass is 10.2. The van der Waals surface area contributed by atoms with Crippen LogP contribution in [0, 0.1) is 0 Å². The molecule has 2 nitrogen and oxygen atoms in total. The predicted octanol–water partition coefficient (Wildman–Crippen LogP) is 2.01. The highest BCUT2D eigenvalue weighted by atomic mass is 35.5. The second-order valence-electron chi connectivity index (χ2n) is 3.13. The van der Waals surface area contributed by atoms with Crippen LogP contribution in [0.25, 0.3) is 0 Å². The largest absolute Gasteiger partial charge is 0.330 e. The fraction of sp³-hybridized carbons (Fsp3) is 0.455. The average molecular weight is 251 g/mol. The minimum absolute atomic E-state index is 0. The van der Waals surface area contributed by atoms with Crippen LogP contribution >= 0.6 is 24.8 Å². The number of nitrogens with one attached hydrogen (secondary N) is 1. The first-order valence-corrected chi connectivity index (χ1v) is 4.88. The summed E-state index contributed by atoms with van der Waals surface area (Å²) < 4.78 is 0. The molecule has 0 aromatic heterocycles. The number of rotatable bonds is 2. The zero-order valence-corrected chi connectivity index (χ0v) is 10.4. The molecule has 0 saturated carbocycles. The van der Waals surface area contributed by atoms with E-state index in [0.29, 0.717) is 0 Å². The summed E-state index contributed by atoms with van der Waals surface area (Å²) in [5.41, 5.74) is 6.68. The van der Waals surface area contributed by atoms with Gasteiger partial charge in [0, 0.05) is 0 Å². The summed E-state index contributed by atoms with van der Waals surface area (Å²) in [5.74, 6) is 0. The molecule has 2 rings (SSSR count). The molecule has 1 heterocycles. The van der Waals surface area contributed by atoms with Gasteiger partial charge in [0.25, 0.3) is 0 Å². The second kappa shape index (κ2) is 11.8. The zero-order valence-electron chi connectivity index (χ0n) is 8.82. The van der Waals surface area contributed by atoms with Gasteiger partial charge in [0.2, 0.25) is 0 Å². The molecule has 0 bridgehead atoms. The first-order chi connectivity index (χ1) is 6.43. The van der Waals surface area contributed by atoms with Crippen molar-refractivity contribution in [2.24, 2.45) is 5.73 Å². The lowest BCUT2D eigenvalue weighted by Crippen LogP contribution is -2.29.